The quantitative estimate of drug-likeness (QED) is 0.262. The van der Waals surface area contributed by atoms with E-state index < -0.39 is 45.4 Å². The summed E-state index contributed by atoms with van der Waals surface area (Å²) < 4.78 is 31.2. The van der Waals surface area contributed by atoms with Crippen LogP contribution in [0.25, 0.3) is 11.1 Å². The van der Waals surface area contributed by atoms with Crippen LogP contribution in [0.3, 0.4) is 0 Å². The fourth-order valence-electron chi connectivity index (χ4n) is 6.06. The Morgan fingerprint density at radius 3 is 2.36 bits per heavy atom. The summed E-state index contributed by atoms with van der Waals surface area (Å²) in [6, 6.07) is 9.63. The molecule has 2 aromatic carbocycles. The van der Waals surface area contributed by atoms with E-state index in [1.54, 1.807) is 19.3 Å². The number of imidazole rings is 1. The van der Waals surface area contributed by atoms with E-state index in [4.69, 9.17) is 23.2 Å². The molecule has 4 heterocycles. The number of rotatable bonds is 9. The van der Waals surface area contributed by atoms with Crippen molar-refractivity contribution in [3.05, 3.63) is 83.0 Å². The van der Waals surface area contributed by atoms with Gasteiger partial charge >= 0.3 is 5.97 Å². The summed E-state index contributed by atoms with van der Waals surface area (Å²) in [4.78, 5) is 52.7. The van der Waals surface area contributed by atoms with Crippen LogP contribution in [0.1, 0.15) is 32.3 Å². The van der Waals surface area contributed by atoms with Gasteiger partial charge in [0.05, 0.1) is 11.9 Å². The molecule has 0 saturated carbocycles. The molecule has 0 aliphatic carbocycles. The largest absolute Gasteiger partial charge is 0.480 e. The van der Waals surface area contributed by atoms with E-state index in [0.29, 0.717) is 12.1 Å². The third-order valence-corrected chi connectivity index (χ3v) is 10.7. The van der Waals surface area contributed by atoms with E-state index >= 15 is 0 Å². The molecule has 2 aromatic heterocycles. The van der Waals surface area contributed by atoms with Crippen molar-refractivity contribution in [2.75, 3.05) is 11.4 Å². The van der Waals surface area contributed by atoms with Gasteiger partial charge in [-0.25, -0.2) is 28.3 Å². The number of aliphatic carboxylic acids is 1. The first-order chi connectivity index (χ1) is 22.3. The third-order valence-electron chi connectivity index (χ3n) is 8.38. The van der Waals surface area contributed by atoms with Crippen molar-refractivity contribution in [1.29, 1.82) is 0 Å². The lowest BCUT2D eigenvalue weighted by atomic mass is 9.91. The predicted octanol–water partition coefficient (Wildman–Crippen LogP) is 4.03. The number of carbonyl (C=O) groups is 3. The van der Waals surface area contributed by atoms with Crippen LogP contribution in [-0.4, -0.2) is 73.8 Å². The lowest BCUT2D eigenvalue weighted by Gasteiger charge is -2.29. The third kappa shape index (κ3) is 5.86. The van der Waals surface area contributed by atoms with Crippen molar-refractivity contribution in [1.82, 2.24) is 29.1 Å². The number of anilines is 2. The Balaban J connectivity index is 1.43. The lowest BCUT2D eigenvalue weighted by molar-refractivity contribution is -0.141. The fourth-order valence-corrected chi connectivity index (χ4v) is 8.42. The second kappa shape index (κ2) is 12.3. The number of hydrogen-bond acceptors (Lipinski definition) is 8. The van der Waals surface area contributed by atoms with Crippen molar-refractivity contribution in [3.63, 3.8) is 0 Å². The fraction of sp³-hybridized carbons (Fsp3) is 0.290. The van der Waals surface area contributed by atoms with Gasteiger partial charge in [-0.05, 0) is 56.0 Å². The Morgan fingerprint density at radius 1 is 1.06 bits per heavy atom. The maximum Gasteiger partial charge on any atom is 0.325 e. The smallest absolute Gasteiger partial charge is 0.325 e. The minimum atomic E-state index is -4.44. The Labute approximate surface area is 280 Å². The molecular weight excluding hydrogens is 669 g/mol. The summed E-state index contributed by atoms with van der Waals surface area (Å²) >= 11 is 12.6. The molecule has 3 atom stereocenters. The number of hydrogen-bond donors (Lipinski definition) is 2. The monoisotopic (exact) mass is 697 g/mol. The van der Waals surface area contributed by atoms with Gasteiger partial charge in [0.15, 0.2) is 5.03 Å². The van der Waals surface area contributed by atoms with Gasteiger partial charge in [-0.15, -0.1) is 0 Å². The first kappa shape index (κ1) is 32.6. The molecule has 16 heteroatoms. The number of nitrogens with zero attached hydrogens (tertiary/aromatic N) is 6. The number of aromatic nitrogens is 4. The van der Waals surface area contributed by atoms with Crippen molar-refractivity contribution in [2.24, 2.45) is 0 Å². The molecule has 0 radical (unpaired) electrons. The van der Waals surface area contributed by atoms with Crippen molar-refractivity contribution < 1.29 is 27.9 Å². The summed E-state index contributed by atoms with van der Waals surface area (Å²) in [5.74, 6) is -2.41. The molecule has 244 valence electrons. The second-order valence-corrected chi connectivity index (χ2v) is 14.3. The summed E-state index contributed by atoms with van der Waals surface area (Å²) in [6.45, 7) is 2.95. The van der Waals surface area contributed by atoms with E-state index in [2.05, 4.69) is 20.3 Å². The summed E-state index contributed by atoms with van der Waals surface area (Å²) in [6.07, 6.45) is 6.61. The number of fused-ring (bicyclic) bond motifs is 1. The molecule has 1 fully saturated rings. The van der Waals surface area contributed by atoms with E-state index in [-0.39, 0.29) is 40.4 Å². The number of sulfonamides is 1. The molecule has 2 aliphatic rings. The van der Waals surface area contributed by atoms with Gasteiger partial charge in [-0.2, -0.15) is 4.31 Å². The molecule has 0 bridgehead atoms. The molecule has 2 amide bonds. The van der Waals surface area contributed by atoms with Crippen LogP contribution >= 0.6 is 23.2 Å². The van der Waals surface area contributed by atoms with Crippen molar-refractivity contribution >= 4 is 62.6 Å². The van der Waals surface area contributed by atoms with Gasteiger partial charge in [-0.1, -0.05) is 47.5 Å². The highest BCUT2D eigenvalue weighted by Crippen LogP contribution is 2.45. The molecule has 2 N–H and O–H groups in total. The average Bonchev–Trinajstić information content (AvgIpc) is 3.75. The van der Waals surface area contributed by atoms with Gasteiger partial charge in [0.1, 0.15) is 23.9 Å². The van der Waals surface area contributed by atoms with Gasteiger partial charge in [0.2, 0.25) is 11.9 Å². The Kier molecular flexibility index (Phi) is 8.55. The molecular formula is C31H29Cl2N7O6S. The topological polar surface area (TPSA) is 168 Å². The zero-order chi connectivity index (χ0) is 33.7. The van der Waals surface area contributed by atoms with E-state index in [0.717, 1.165) is 21.0 Å². The highest BCUT2D eigenvalue weighted by molar-refractivity contribution is 7.89. The molecule has 1 saturated heterocycles. The Hall–Kier alpha value is -4.37. The molecule has 2 aliphatic heterocycles. The van der Waals surface area contributed by atoms with Crippen LogP contribution < -0.4 is 10.2 Å². The highest BCUT2D eigenvalue weighted by Gasteiger charge is 2.53. The normalized spacial score (nSPS) is 20.3. The minimum absolute atomic E-state index is 0.0192. The van der Waals surface area contributed by atoms with Gasteiger partial charge in [-0.3, -0.25) is 19.0 Å². The number of carbonyl (C=O) groups excluding carboxylic acids is 2. The molecule has 47 heavy (non-hydrogen) atoms. The zero-order valence-corrected chi connectivity index (χ0v) is 27.5. The van der Waals surface area contributed by atoms with E-state index in [1.807, 2.05) is 24.3 Å². The van der Waals surface area contributed by atoms with Gasteiger partial charge in [0.25, 0.3) is 15.9 Å². The summed E-state index contributed by atoms with van der Waals surface area (Å²) in [5.41, 5.74) is 1.19. The first-order valence-corrected chi connectivity index (χ1v) is 16.8. The van der Waals surface area contributed by atoms with Crippen LogP contribution in [0.4, 0.5) is 11.6 Å². The maximum absolute atomic E-state index is 14.5. The molecule has 6 rings (SSSR count). The molecule has 0 unspecified atom stereocenters. The van der Waals surface area contributed by atoms with Crippen LogP contribution in [0.15, 0.2) is 72.4 Å². The standard InChI is InChI=1S/C31H29Cl2N7O6S/c1-18(28(42)43)37-27(41)25-4-3-9-38(25)47(45,46)26-16-36-30-39(24-11-22(32)10-23(33)12-24)29(44)31(2,40(26)30)13-19-5-7-20(8-6-19)21-14-34-17-35-15-21/h5-8,10-12,14-18,25H,3-4,9,13H2,1-2H3,(H,37,41)(H,42,43)/t18-,25+,31-/m1/s1. The van der Waals surface area contributed by atoms with Crippen molar-refractivity contribution in [2.45, 2.75) is 55.8 Å². The SMILES string of the molecule is C[C@@H](NC(=O)[C@@H]1CCCN1S(=O)(=O)c1cnc2n1[C@](C)(Cc1ccc(-c3cncnc3)cc1)C(=O)N2c1cc(Cl)cc(Cl)c1)C(=O)O. The van der Waals surface area contributed by atoms with E-state index in [1.165, 1.54) is 47.1 Å². The Morgan fingerprint density at radius 2 is 1.72 bits per heavy atom. The van der Waals surface area contributed by atoms with Crippen LogP contribution in [0, 0.1) is 0 Å². The number of nitrogens with one attached hydrogen (secondary N) is 1. The van der Waals surface area contributed by atoms with Gasteiger partial charge in [0, 0.05) is 41.0 Å². The summed E-state index contributed by atoms with van der Waals surface area (Å²) in [5, 5.41) is 11.9. The van der Waals surface area contributed by atoms with Crippen LogP contribution in [-0.2, 0) is 36.4 Å². The van der Waals surface area contributed by atoms with Crippen molar-refractivity contribution in [3.8, 4) is 11.1 Å². The van der Waals surface area contributed by atoms with E-state index in [9.17, 15) is 27.9 Å². The second-order valence-electron chi connectivity index (χ2n) is 11.6. The zero-order valence-electron chi connectivity index (χ0n) is 25.2. The number of amides is 2. The first-order valence-electron chi connectivity index (χ1n) is 14.6. The van der Waals surface area contributed by atoms with Gasteiger partial charge < -0.3 is 10.4 Å². The average molecular weight is 699 g/mol. The lowest BCUT2D eigenvalue weighted by Crippen LogP contribution is -2.50. The Bertz CT molecular complexity index is 1970. The maximum atomic E-state index is 14.5. The minimum Gasteiger partial charge on any atom is -0.480 e. The number of carboxylic acid groups (broad SMARTS) is 1. The predicted molar refractivity (Wildman–Crippen MR) is 173 cm³/mol. The number of carboxylic acids is 1. The van der Waals surface area contributed by atoms with Crippen LogP contribution in [0.2, 0.25) is 10.0 Å². The molecule has 4 aromatic rings. The number of halogens is 2. The molecule has 0 spiro atoms. The summed E-state index contributed by atoms with van der Waals surface area (Å²) in [7, 11) is -4.44. The molecule has 13 nitrogen and oxygen atoms in total. The van der Waals surface area contributed by atoms with Crippen LogP contribution in [0.5, 0.6) is 0 Å². The number of benzene rings is 2. The highest BCUT2D eigenvalue weighted by atomic mass is 35.5.